The highest BCUT2D eigenvalue weighted by Gasteiger charge is 2.36. The Labute approximate surface area is 263 Å². The Morgan fingerprint density at radius 1 is 0.333 bits per heavy atom. The van der Waals surface area contributed by atoms with Crippen molar-refractivity contribution in [1.29, 1.82) is 0 Å². The second-order valence-electron chi connectivity index (χ2n) is 12.6. The number of hydrogen-bond donors (Lipinski definition) is 3. The van der Waals surface area contributed by atoms with Crippen molar-refractivity contribution in [3.8, 4) is 0 Å². The Morgan fingerprint density at radius 2 is 0.578 bits per heavy atom. The van der Waals surface area contributed by atoms with Gasteiger partial charge in [0.15, 0.2) is 0 Å². The molecule has 7 aromatic carbocycles. The maximum absolute atomic E-state index is 12.5. The monoisotopic (exact) mass is 588 g/mol. The summed E-state index contributed by atoms with van der Waals surface area (Å²) < 4.78 is 0. The predicted octanol–water partition coefficient (Wildman–Crippen LogP) is 8.91. The highest BCUT2D eigenvalue weighted by molar-refractivity contribution is 5.89. The van der Waals surface area contributed by atoms with Gasteiger partial charge in [0.25, 0.3) is 0 Å². The van der Waals surface area contributed by atoms with Crippen molar-refractivity contribution in [3.05, 3.63) is 179 Å². The molecule has 0 aromatic heterocycles. The van der Waals surface area contributed by atoms with Crippen LogP contribution < -0.4 is 0 Å². The quantitative estimate of drug-likeness (QED) is 0.182. The molecule has 0 bridgehead atoms. The van der Waals surface area contributed by atoms with Gasteiger partial charge in [-0.05, 0) is 105 Å². The van der Waals surface area contributed by atoms with E-state index in [-0.39, 0.29) is 0 Å². The van der Waals surface area contributed by atoms with E-state index >= 15 is 0 Å². The van der Waals surface area contributed by atoms with E-state index in [0.29, 0.717) is 16.7 Å². The number of benzene rings is 7. The van der Waals surface area contributed by atoms with Crippen molar-refractivity contribution in [3.63, 3.8) is 0 Å². The molecule has 3 heteroatoms. The lowest BCUT2D eigenvalue weighted by molar-refractivity contribution is 0.0900. The van der Waals surface area contributed by atoms with Gasteiger partial charge in [0, 0.05) is 0 Å². The number of hydrogen-bond acceptors (Lipinski definition) is 3. The summed E-state index contributed by atoms with van der Waals surface area (Å²) in [5.41, 5.74) is -0.373. The zero-order valence-electron chi connectivity index (χ0n) is 25.7. The van der Waals surface area contributed by atoms with Gasteiger partial charge in [-0.1, -0.05) is 127 Å². The maximum atomic E-state index is 12.5. The molecule has 0 radical (unpaired) electrons. The lowest BCUT2D eigenvalue weighted by Gasteiger charge is -2.34. The third-order valence-corrected chi connectivity index (χ3v) is 9.56. The predicted molar refractivity (Wildman–Crippen MR) is 184 cm³/mol. The fourth-order valence-electron chi connectivity index (χ4n) is 6.89. The minimum Gasteiger partial charge on any atom is -0.381 e. The first-order chi connectivity index (χ1) is 21.6. The van der Waals surface area contributed by atoms with Crippen LogP contribution in [-0.2, 0) is 16.8 Å². The van der Waals surface area contributed by atoms with Crippen LogP contribution in [0.3, 0.4) is 0 Å². The third kappa shape index (κ3) is 4.81. The van der Waals surface area contributed by atoms with Gasteiger partial charge >= 0.3 is 0 Å². The molecule has 0 saturated heterocycles. The van der Waals surface area contributed by atoms with Gasteiger partial charge in [-0.25, -0.2) is 0 Å². The average molecular weight is 589 g/mol. The minimum atomic E-state index is -1.45. The Balaban J connectivity index is 1.50. The molecule has 7 aromatic rings. The van der Waals surface area contributed by atoms with Gasteiger partial charge in [0.1, 0.15) is 16.8 Å². The van der Waals surface area contributed by atoms with Crippen molar-refractivity contribution < 1.29 is 15.3 Å². The SMILES string of the molecule is CC(O)(c1cc(C(C)(O)c2cccc3ccccc23)cc(C(C)(O)c2cccc3ccccc23)c1)c1cccc2ccccc12. The largest absolute Gasteiger partial charge is 0.381 e. The molecular formula is C42H36O3. The third-order valence-electron chi connectivity index (χ3n) is 9.56. The molecule has 3 nitrogen and oxygen atoms in total. The molecule has 0 fully saturated rings. The fourth-order valence-corrected chi connectivity index (χ4v) is 6.89. The molecule has 0 aliphatic heterocycles. The first-order valence-electron chi connectivity index (χ1n) is 15.4. The van der Waals surface area contributed by atoms with Crippen LogP contribution in [0.25, 0.3) is 32.3 Å². The summed E-state index contributed by atoms with van der Waals surface area (Å²) >= 11 is 0. The molecule has 0 saturated carbocycles. The van der Waals surface area contributed by atoms with Crippen molar-refractivity contribution in [1.82, 2.24) is 0 Å². The standard InChI is InChI=1S/C42H36O3/c1-40(43,37-22-10-16-28-13-4-7-19-34(28)37)31-25-32(41(2,44)38-23-11-17-29-14-5-8-20-35(29)38)27-33(26-31)42(3,45)39-24-12-18-30-15-6-9-21-36(30)39/h4-27,43-45H,1-3H3. The molecule has 3 atom stereocenters. The van der Waals surface area contributed by atoms with E-state index in [1.54, 1.807) is 20.8 Å². The minimum absolute atomic E-state index is 0.576. The van der Waals surface area contributed by atoms with Crippen molar-refractivity contribution in [2.24, 2.45) is 0 Å². The van der Waals surface area contributed by atoms with Gasteiger partial charge in [-0.15, -0.1) is 0 Å². The first-order valence-corrected chi connectivity index (χ1v) is 15.4. The summed E-state index contributed by atoms with van der Waals surface area (Å²) in [6, 6.07) is 47.5. The summed E-state index contributed by atoms with van der Waals surface area (Å²) in [7, 11) is 0. The summed E-state index contributed by atoms with van der Waals surface area (Å²) in [6.07, 6.45) is 0. The molecule has 0 spiro atoms. The Kier molecular flexibility index (Phi) is 6.87. The van der Waals surface area contributed by atoms with Gasteiger partial charge in [0.05, 0.1) is 0 Å². The Bertz CT molecular complexity index is 1930. The van der Waals surface area contributed by atoms with Crippen LogP contribution in [0, 0.1) is 0 Å². The van der Waals surface area contributed by atoms with Crippen molar-refractivity contribution >= 4 is 32.3 Å². The van der Waals surface area contributed by atoms with E-state index in [0.717, 1.165) is 49.0 Å². The van der Waals surface area contributed by atoms with E-state index in [1.807, 2.05) is 146 Å². The summed E-state index contributed by atoms with van der Waals surface area (Å²) in [6.45, 7) is 5.37. The van der Waals surface area contributed by atoms with Gasteiger partial charge in [-0.3, -0.25) is 0 Å². The number of rotatable bonds is 6. The maximum Gasteiger partial charge on any atom is 0.112 e. The zero-order chi connectivity index (χ0) is 31.4. The highest BCUT2D eigenvalue weighted by atomic mass is 16.3. The number of aliphatic hydroxyl groups is 3. The molecular weight excluding hydrogens is 552 g/mol. The molecule has 0 aliphatic rings. The molecule has 45 heavy (non-hydrogen) atoms. The van der Waals surface area contributed by atoms with E-state index in [1.165, 1.54) is 0 Å². The number of fused-ring (bicyclic) bond motifs is 3. The van der Waals surface area contributed by atoms with Crippen LogP contribution in [0.15, 0.2) is 146 Å². The molecule has 0 aliphatic carbocycles. The summed E-state index contributed by atoms with van der Waals surface area (Å²) in [5.74, 6) is 0. The van der Waals surface area contributed by atoms with Crippen LogP contribution in [0.4, 0.5) is 0 Å². The molecule has 0 heterocycles. The van der Waals surface area contributed by atoms with Gasteiger partial charge in [0.2, 0.25) is 0 Å². The molecule has 3 unspecified atom stereocenters. The molecule has 222 valence electrons. The average Bonchev–Trinajstić information content (AvgIpc) is 3.07. The normalized spacial score (nSPS) is 15.9. The van der Waals surface area contributed by atoms with E-state index in [9.17, 15) is 15.3 Å². The van der Waals surface area contributed by atoms with Crippen molar-refractivity contribution in [2.75, 3.05) is 0 Å². The van der Waals surface area contributed by atoms with Crippen LogP contribution in [-0.4, -0.2) is 15.3 Å². The lowest BCUT2D eigenvalue weighted by atomic mass is 9.76. The second-order valence-corrected chi connectivity index (χ2v) is 12.6. The Morgan fingerprint density at radius 3 is 0.867 bits per heavy atom. The van der Waals surface area contributed by atoms with Crippen molar-refractivity contribution in [2.45, 2.75) is 37.6 Å². The van der Waals surface area contributed by atoms with Crippen LogP contribution in [0.5, 0.6) is 0 Å². The first kappa shape index (κ1) is 28.9. The lowest BCUT2D eigenvalue weighted by Crippen LogP contribution is -2.30. The highest BCUT2D eigenvalue weighted by Crippen LogP contribution is 2.43. The Hall–Kier alpha value is -4.80. The van der Waals surface area contributed by atoms with Crippen LogP contribution >= 0.6 is 0 Å². The smallest absolute Gasteiger partial charge is 0.112 e. The molecule has 0 amide bonds. The van der Waals surface area contributed by atoms with E-state index < -0.39 is 16.8 Å². The second kappa shape index (κ2) is 10.7. The van der Waals surface area contributed by atoms with E-state index in [2.05, 4.69) is 0 Å². The summed E-state index contributed by atoms with van der Waals surface area (Å²) in [5, 5.41) is 43.3. The fraction of sp³-hybridized carbons (Fsp3) is 0.143. The molecule has 7 rings (SSSR count). The van der Waals surface area contributed by atoms with Gasteiger partial charge < -0.3 is 15.3 Å². The molecule has 3 N–H and O–H groups in total. The van der Waals surface area contributed by atoms with Crippen LogP contribution in [0.1, 0.15) is 54.2 Å². The van der Waals surface area contributed by atoms with E-state index in [4.69, 9.17) is 0 Å². The topological polar surface area (TPSA) is 60.7 Å². The summed E-state index contributed by atoms with van der Waals surface area (Å²) in [4.78, 5) is 0. The van der Waals surface area contributed by atoms with Gasteiger partial charge in [-0.2, -0.15) is 0 Å². The van der Waals surface area contributed by atoms with Crippen LogP contribution in [0.2, 0.25) is 0 Å². The zero-order valence-corrected chi connectivity index (χ0v) is 25.7.